The molecule has 1 heterocycles. The summed E-state index contributed by atoms with van der Waals surface area (Å²) in [4.78, 5) is 4.08. The fourth-order valence-electron chi connectivity index (χ4n) is 0.794. The van der Waals surface area contributed by atoms with Crippen LogP contribution in [0, 0.1) is 5.41 Å². The smallest absolute Gasteiger partial charge is 0.189 e. The lowest BCUT2D eigenvalue weighted by molar-refractivity contribution is 0.342. The van der Waals surface area contributed by atoms with Gasteiger partial charge in [0.25, 0.3) is 0 Å². The van der Waals surface area contributed by atoms with Gasteiger partial charge in [0.2, 0.25) is 0 Å². The van der Waals surface area contributed by atoms with Crippen LogP contribution in [0.2, 0.25) is 0 Å². The molecule has 1 N–H and O–H groups in total. The van der Waals surface area contributed by atoms with Crippen molar-refractivity contribution in [1.29, 1.82) is 5.41 Å². The van der Waals surface area contributed by atoms with Crippen molar-refractivity contribution < 1.29 is 4.74 Å². The first-order valence-electron chi connectivity index (χ1n) is 3.55. The van der Waals surface area contributed by atoms with Crippen molar-refractivity contribution >= 4 is 11.6 Å². The maximum atomic E-state index is 7.34. The third kappa shape index (κ3) is 1.83. The summed E-state index contributed by atoms with van der Waals surface area (Å²) < 4.78 is 5.13. The Morgan fingerprint density at radius 1 is 1.80 bits per heavy atom. The van der Waals surface area contributed by atoms with E-state index in [-0.39, 0.29) is 0 Å². The summed E-state index contributed by atoms with van der Waals surface area (Å²) in [6.45, 7) is 3.44. The van der Waals surface area contributed by atoms with Crippen LogP contribution < -0.4 is 0 Å². The lowest BCUT2D eigenvalue weighted by Crippen LogP contribution is -2.05. The van der Waals surface area contributed by atoms with Gasteiger partial charge in [-0.1, -0.05) is 6.92 Å². The van der Waals surface area contributed by atoms with E-state index in [0.717, 1.165) is 18.9 Å². The van der Waals surface area contributed by atoms with Gasteiger partial charge < -0.3 is 10.1 Å². The van der Waals surface area contributed by atoms with Gasteiger partial charge in [0.1, 0.15) is 6.61 Å². The highest BCUT2D eigenvalue weighted by Gasteiger charge is 2.07. The Labute approximate surface area is 60.6 Å². The van der Waals surface area contributed by atoms with E-state index in [2.05, 4.69) is 4.99 Å². The molecule has 0 aromatic heterocycles. The predicted molar refractivity (Wildman–Crippen MR) is 40.9 cm³/mol. The average molecular weight is 140 g/mol. The minimum Gasteiger partial charge on any atom is -0.479 e. The van der Waals surface area contributed by atoms with Crippen molar-refractivity contribution in [3.05, 3.63) is 0 Å². The molecule has 0 spiro atoms. The van der Waals surface area contributed by atoms with E-state index in [0.29, 0.717) is 18.7 Å². The fraction of sp³-hybridized carbons (Fsp3) is 0.714. The van der Waals surface area contributed by atoms with Gasteiger partial charge in [-0.25, -0.2) is 0 Å². The normalized spacial score (nSPS) is 16.3. The third-order valence-corrected chi connectivity index (χ3v) is 1.44. The summed E-state index contributed by atoms with van der Waals surface area (Å²) in [5.41, 5.74) is 0.695. The molecule has 0 aromatic carbocycles. The molecule has 0 aliphatic carbocycles. The molecule has 0 aromatic rings. The van der Waals surface area contributed by atoms with Gasteiger partial charge in [-0.15, -0.1) is 0 Å². The van der Waals surface area contributed by atoms with Gasteiger partial charge in [-0.3, -0.25) is 4.99 Å². The molecule has 0 atom stereocenters. The van der Waals surface area contributed by atoms with E-state index in [1.54, 1.807) is 0 Å². The SMILES string of the molecule is CCC(=N)CC1=NCCO1. The van der Waals surface area contributed by atoms with E-state index >= 15 is 0 Å². The number of hydrogen-bond donors (Lipinski definition) is 1. The highest BCUT2D eigenvalue weighted by atomic mass is 16.5. The van der Waals surface area contributed by atoms with Crippen LogP contribution in [0.5, 0.6) is 0 Å². The number of nitrogens with zero attached hydrogens (tertiary/aromatic N) is 1. The standard InChI is InChI=1S/C7H12N2O/c1-2-6(8)5-7-9-3-4-10-7/h8H,2-5H2,1H3. The molecule has 3 nitrogen and oxygen atoms in total. The molecule has 0 fully saturated rings. The van der Waals surface area contributed by atoms with Crippen LogP contribution in [0.4, 0.5) is 0 Å². The largest absolute Gasteiger partial charge is 0.479 e. The number of nitrogens with one attached hydrogen (secondary N) is 1. The van der Waals surface area contributed by atoms with Crippen molar-refractivity contribution in [2.75, 3.05) is 13.2 Å². The van der Waals surface area contributed by atoms with Crippen molar-refractivity contribution in [3.8, 4) is 0 Å². The third-order valence-electron chi connectivity index (χ3n) is 1.44. The van der Waals surface area contributed by atoms with Gasteiger partial charge in [-0.2, -0.15) is 0 Å². The fourth-order valence-corrected chi connectivity index (χ4v) is 0.794. The molecule has 1 rings (SSSR count). The maximum absolute atomic E-state index is 7.34. The Kier molecular flexibility index (Phi) is 2.42. The predicted octanol–water partition coefficient (Wildman–Crippen LogP) is 1.23. The van der Waals surface area contributed by atoms with E-state index in [4.69, 9.17) is 10.1 Å². The molecule has 1 aliphatic heterocycles. The first kappa shape index (κ1) is 7.25. The van der Waals surface area contributed by atoms with Gasteiger partial charge in [0.15, 0.2) is 5.90 Å². The summed E-state index contributed by atoms with van der Waals surface area (Å²) in [6.07, 6.45) is 1.40. The summed E-state index contributed by atoms with van der Waals surface area (Å²) >= 11 is 0. The second-order valence-electron chi connectivity index (χ2n) is 2.26. The second-order valence-corrected chi connectivity index (χ2v) is 2.26. The van der Waals surface area contributed by atoms with E-state index in [9.17, 15) is 0 Å². The van der Waals surface area contributed by atoms with Gasteiger partial charge in [0, 0.05) is 5.71 Å². The molecule has 0 saturated heterocycles. The molecule has 1 aliphatic rings. The number of hydrogen-bond acceptors (Lipinski definition) is 3. The van der Waals surface area contributed by atoms with Crippen LogP contribution in [-0.4, -0.2) is 24.8 Å². The van der Waals surface area contributed by atoms with Crippen LogP contribution in [-0.2, 0) is 4.74 Å². The molecular formula is C7H12N2O. The minimum absolute atomic E-state index is 0.608. The van der Waals surface area contributed by atoms with Crippen molar-refractivity contribution in [1.82, 2.24) is 0 Å². The lowest BCUT2D eigenvalue weighted by atomic mass is 10.2. The zero-order valence-corrected chi connectivity index (χ0v) is 6.18. The van der Waals surface area contributed by atoms with Crippen LogP contribution in [0.3, 0.4) is 0 Å². The molecular weight excluding hydrogens is 128 g/mol. The lowest BCUT2D eigenvalue weighted by Gasteiger charge is -1.99. The molecule has 0 amide bonds. The molecule has 3 heteroatoms. The molecule has 0 saturated carbocycles. The Morgan fingerprint density at radius 2 is 2.60 bits per heavy atom. The molecule has 56 valence electrons. The molecule has 0 unspecified atom stereocenters. The highest BCUT2D eigenvalue weighted by Crippen LogP contribution is 2.00. The Balaban J connectivity index is 2.30. The maximum Gasteiger partial charge on any atom is 0.189 e. The first-order chi connectivity index (χ1) is 4.83. The van der Waals surface area contributed by atoms with Crippen LogP contribution in [0.1, 0.15) is 19.8 Å². The van der Waals surface area contributed by atoms with Gasteiger partial charge >= 0.3 is 0 Å². The van der Waals surface area contributed by atoms with Gasteiger partial charge in [-0.05, 0) is 6.42 Å². The molecule has 0 radical (unpaired) electrons. The van der Waals surface area contributed by atoms with E-state index < -0.39 is 0 Å². The minimum atomic E-state index is 0.608. The van der Waals surface area contributed by atoms with Crippen LogP contribution in [0.25, 0.3) is 0 Å². The van der Waals surface area contributed by atoms with E-state index in [1.807, 2.05) is 6.92 Å². The summed E-state index contributed by atoms with van der Waals surface area (Å²) in [5.74, 6) is 0.742. The van der Waals surface area contributed by atoms with Crippen molar-refractivity contribution in [2.24, 2.45) is 4.99 Å². The van der Waals surface area contributed by atoms with Gasteiger partial charge in [0.05, 0.1) is 13.0 Å². The molecule has 10 heavy (non-hydrogen) atoms. The summed E-state index contributed by atoms with van der Waals surface area (Å²) in [6, 6.07) is 0. The zero-order chi connectivity index (χ0) is 7.40. The Hall–Kier alpha value is -0.860. The summed E-state index contributed by atoms with van der Waals surface area (Å²) in [7, 11) is 0. The first-order valence-corrected chi connectivity index (χ1v) is 3.55. The average Bonchev–Trinajstić information content (AvgIpc) is 2.40. The Morgan fingerprint density at radius 3 is 3.10 bits per heavy atom. The Bertz CT molecular complexity index is 163. The van der Waals surface area contributed by atoms with Crippen molar-refractivity contribution in [3.63, 3.8) is 0 Å². The quantitative estimate of drug-likeness (QED) is 0.589. The summed E-state index contributed by atoms with van der Waals surface area (Å²) in [5, 5.41) is 7.34. The molecule has 0 bridgehead atoms. The van der Waals surface area contributed by atoms with Crippen LogP contribution >= 0.6 is 0 Å². The van der Waals surface area contributed by atoms with Crippen LogP contribution in [0.15, 0.2) is 4.99 Å². The highest BCUT2D eigenvalue weighted by molar-refractivity contribution is 5.99. The number of ether oxygens (including phenoxy) is 1. The number of rotatable bonds is 3. The topological polar surface area (TPSA) is 45.4 Å². The van der Waals surface area contributed by atoms with Crippen molar-refractivity contribution in [2.45, 2.75) is 19.8 Å². The monoisotopic (exact) mass is 140 g/mol. The zero-order valence-electron chi connectivity index (χ0n) is 6.18. The second kappa shape index (κ2) is 3.34. The number of aliphatic imine (C=N–C) groups is 1. The van der Waals surface area contributed by atoms with E-state index in [1.165, 1.54) is 0 Å².